The number of rotatable bonds is 3. The first-order valence-electron chi connectivity index (χ1n) is 6.79. The van der Waals surface area contributed by atoms with Crippen LogP contribution in [0, 0.1) is 9.49 Å². The molecule has 1 N–H and O–H groups in total. The Morgan fingerprint density at radius 1 is 1.55 bits per heavy atom. The van der Waals surface area contributed by atoms with E-state index in [4.69, 9.17) is 0 Å². The first-order valence-corrected chi connectivity index (χ1v) is 9.79. The molecule has 1 amide bonds. The van der Waals surface area contributed by atoms with Gasteiger partial charge in [-0.1, -0.05) is 35.7 Å². The number of nitrogens with one attached hydrogen (secondary N) is 1. The van der Waals surface area contributed by atoms with Crippen molar-refractivity contribution in [1.82, 2.24) is 5.32 Å². The number of halogens is 3. The molecule has 5 heteroatoms. The lowest BCUT2D eigenvalue weighted by molar-refractivity contribution is 0.0868. The molecule has 0 spiro atoms. The van der Waals surface area contributed by atoms with E-state index in [-0.39, 0.29) is 11.4 Å². The molecule has 1 aromatic carbocycles. The van der Waals surface area contributed by atoms with Gasteiger partial charge in [0, 0.05) is 13.4 Å². The predicted octanol–water partition coefficient (Wildman–Crippen LogP) is 5.13. The van der Waals surface area contributed by atoms with Gasteiger partial charge in [-0.15, -0.1) is 0 Å². The molecule has 0 saturated heterocycles. The van der Waals surface area contributed by atoms with Crippen molar-refractivity contribution in [3.05, 3.63) is 31.8 Å². The molecule has 2 nitrogen and oxygen atoms in total. The summed E-state index contributed by atoms with van der Waals surface area (Å²) in [5.41, 5.74) is 0.616. The maximum absolute atomic E-state index is 12.6. The Bertz CT molecular complexity index is 509. The monoisotopic (exact) mass is 513 g/mol. The van der Waals surface area contributed by atoms with Gasteiger partial charge >= 0.3 is 0 Å². The van der Waals surface area contributed by atoms with Crippen LogP contribution < -0.4 is 5.32 Å². The number of carbonyl (C=O) groups excluding carboxylic acids is 1. The van der Waals surface area contributed by atoms with Crippen molar-refractivity contribution in [3.8, 4) is 0 Å². The molecule has 110 valence electrons. The highest BCUT2D eigenvalue weighted by atomic mass is 127. The highest BCUT2D eigenvalue weighted by Crippen LogP contribution is 2.34. The first-order chi connectivity index (χ1) is 9.46. The van der Waals surface area contributed by atoms with E-state index in [0.29, 0.717) is 5.92 Å². The van der Waals surface area contributed by atoms with E-state index in [0.717, 1.165) is 31.8 Å². The summed E-state index contributed by atoms with van der Waals surface area (Å²) in [6.07, 6.45) is 4.54. The van der Waals surface area contributed by atoms with Crippen LogP contribution in [0.3, 0.4) is 0 Å². The zero-order valence-electron chi connectivity index (χ0n) is 11.4. The van der Waals surface area contributed by atoms with Crippen molar-refractivity contribution in [3.63, 3.8) is 0 Å². The number of hydrogen-bond donors (Lipinski definition) is 1. The molecule has 0 bridgehead atoms. The van der Waals surface area contributed by atoms with Crippen LogP contribution in [-0.2, 0) is 0 Å². The topological polar surface area (TPSA) is 29.1 Å². The highest BCUT2D eigenvalue weighted by Gasteiger charge is 2.35. The summed E-state index contributed by atoms with van der Waals surface area (Å²) in [5.74, 6) is 0.685. The molecule has 2 rings (SSSR count). The zero-order valence-corrected chi connectivity index (χ0v) is 16.7. The van der Waals surface area contributed by atoms with E-state index in [2.05, 4.69) is 66.7 Å². The Kier molecular flexibility index (Phi) is 5.94. The van der Waals surface area contributed by atoms with Gasteiger partial charge in [-0.2, -0.15) is 0 Å². The van der Waals surface area contributed by atoms with Gasteiger partial charge in [0.15, 0.2) is 0 Å². The number of benzene rings is 1. The fourth-order valence-electron chi connectivity index (χ4n) is 2.91. The third-order valence-corrected chi connectivity index (χ3v) is 6.33. The molecule has 20 heavy (non-hydrogen) atoms. The van der Waals surface area contributed by atoms with Crippen molar-refractivity contribution >= 4 is 60.4 Å². The minimum Gasteiger partial charge on any atom is -0.346 e. The van der Waals surface area contributed by atoms with E-state index < -0.39 is 0 Å². The lowest BCUT2D eigenvalue weighted by Crippen LogP contribution is -2.52. The molecule has 2 unspecified atom stereocenters. The fourth-order valence-corrected chi connectivity index (χ4v) is 4.48. The Balaban J connectivity index is 2.19. The van der Waals surface area contributed by atoms with Crippen molar-refractivity contribution in [2.75, 3.05) is 5.33 Å². The van der Waals surface area contributed by atoms with Gasteiger partial charge in [0.1, 0.15) is 0 Å². The average molecular weight is 515 g/mol. The van der Waals surface area contributed by atoms with Crippen LogP contribution in [0.1, 0.15) is 43.0 Å². The van der Waals surface area contributed by atoms with E-state index in [9.17, 15) is 4.79 Å². The van der Waals surface area contributed by atoms with Crippen molar-refractivity contribution in [2.45, 2.75) is 38.1 Å². The summed E-state index contributed by atoms with van der Waals surface area (Å²) in [6, 6.07) is 5.85. The van der Waals surface area contributed by atoms with Crippen LogP contribution >= 0.6 is 54.5 Å². The molecule has 1 aliphatic rings. The lowest BCUT2D eigenvalue weighted by atomic mass is 9.77. The minimum absolute atomic E-state index is 0.0175. The molecule has 0 aromatic heterocycles. The van der Waals surface area contributed by atoms with E-state index in [1.165, 1.54) is 12.8 Å². The van der Waals surface area contributed by atoms with Crippen LogP contribution in [-0.4, -0.2) is 16.8 Å². The van der Waals surface area contributed by atoms with Gasteiger partial charge in [-0.3, -0.25) is 4.79 Å². The second kappa shape index (κ2) is 7.09. The van der Waals surface area contributed by atoms with Crippen molar-refractivity contribution in [1.29, 1.82) is 0 Å². The normalized spacial score (nSPS) is 26.3. The Morgan fingerprint density at radius 2 is 2.30 bits per heavy atom. The molecule has 0 aliphatic heterocycles. The zero-order chi connectivity index (χ0) is 14.8. The van der Waals surface area contributed by atoms with Gasteiger partial charge < -0.3 is 5.32 Å². The molecule has 0 heterocycles. The highest BCUT2D eigenvalue weighted by molar-refractivity contribution is 14.1. The molecule has 1 saturated carbocycles. The fraction of sp³-hybridized carbons (Fsp3) is 0.533. The molecular formula is C15H18Br2INO. The summed E-state index contributed by atoms with van der Waals surface area (Å²) in [4.78, 5) is 12.6. The second-order valence-electron chi connectivity index (χ2n) is 5.69. The van der Waals surface area contributed by atoms with Crippen LogP contribution in [0.25, 0.3) is 0 Å². The number of hydrogen-bond acceptors (Lipinski definition) is 1. The maximum Gasteiger partial charge on any atom is 0.252 e. The standard InChI is InChI=1S/C15H18Br2INO/c1-10-3-2-6-15(8-10,9-16)19-14(20)12-7-11(18)4-5-13(12)17/h4-5,7,10H,2-3,6,8-9H2,1H3,(H,19,20). The quantitative estimate of drug-likeness (QED) is 0.440. The number of carbonyl (C=O) groups is 1. The molecule has 1 aromatic rings. The molecule has 1 fully saturated rings. The van der Waals surface area contributed by atoms with Crippen LogP contribution in [0.5, 0.6) is 0 Å². The summed E-state index contributed by atoms with van der Waals surface area (Å²) >= 11 is 9.31. The smallest absolute Gasteiger partial charge is 0.252 e. The Hall–Kier alpha value is 0.380. The minimum atomic E-state index is -0.102. The average Bonchev–Trinajstić information content (AvgIpc) is 2.41. The number of alkyl halides is 1. The molecule has 1 aliphatic carbocycles. The van der Waals surface area contributed by atoms with Gasteiger partial charge in [0.05, 0.1) is 11.1 Å². The van der Waals surface area contributed by atoms with Crippen molar-refractivity contribution < 1.29 is 4.79 Å². The van der Waals surface area contributed by atoms with Crippen LogP contribution in [0.15, 0.2) is 22.7 Å². The first kappa shape index (κ1) is 16.7. The third kappa shape index (κ3) is 3.97. The molecule has 2 atom stereocenters. The molecular weight excluding hydrogens is 497 g/mol. The van der Waals surface area contributed by atoms with Crippen LogP contribution in [0.4, 0.5) is 0 Å². The van der Waals surface area contributed by atoms with Gasteiger partial charge in [0.25, 0.3) is 5.91 Å². The van der Waals surface area contributed by atoms with Crippen LogP contribution in [0.2, 0.25) is 0 Å². The SMILES string of the molecule is CC1CCCC(CBr)(NC(=O)c2cc(I)ccc2Br)C1. The molecule has 0 radical (unpaired) electrons. The maximum atomic E-state index is 12.6. The largest absolute Gasteiger partial charge is 0.346 e. The predicted molar refractivity (Wildman–Crippen MR) is 98.5 cm³/mol. The van der Waals surface area contributed by atoms with Gasteiger partial charge in [-0.05, 0) is 75.5 Å². The van der Waals surface area contributed by atoms with Crippen molar-refractivity contribution in [2.24, 2.45) is 5.92 Å². The number of amides is 1. The van der Waals surface area contributed by atoms with E-state index >= 15 is 0 Å². The van der Waals surface area contributed by atoms with E-state index in [1.807, 2.05) is 18.2 Å². The Labute approximate surface area is 150 Å². The Morgan fingerprint density at radius 3 is 2.95 bits per heavy atom. The summed E-state index contributed by atoms with van der Waals surface area (Å²) in [7, 11) is 0. The third-order valence-electron chi connectivity index (χ3n) is 3.90. The summed E-state index contributed by atoms with van der Waals surface area (Å²) < 4.78 is 1.92. The van der Waals surface area contributed by atoms with Gasteiger partial charge in [0.2, 0.25) is 0 Å². The van der Waals surface area contributed by atoms with E-state index in [1.54, 1.807) is 0 Å². The van der Waals surface area contributed by atoms with Gasteiger partial charge in [-0.25, -0.2) is 0 Å². The lowest BCUT2D eigenvalue weighted by Gasteiger charge is -2.39. The summed E-state index contributed by atoms with van der Waals surface area (Å²) in [5, 5.41) is 4.09. The second-order valence-corrected chi connectivity index (χ2v) is 8.35. The summed E-state index contributed by atoms with van der Waals surface area (Å²) in [6.45, 7) is 2.27.